The van der Waals surface area contributed by atoms with Gasteiger partial charge >= 0.3 is 0 Å². The van der Waals surface area contributed by atoms with Crippen LogP contribution < -0.4 is 0 Å². The van der Waals surface area contributed by atoms with Gasteiger partial charge in [-0.1, -0.05) is 0 Å². The van der Waals surface area contributed by atoms with Crippen molar-refractivity contribution < 1.29 is 9.90 Å². The molecular formula is C18H23N5O2. The van der Waals surface area contributed by atoms with Gasteiger partial charge in [0.25, 0.3) is 5.91 Å². The van der Waals surface area contributed by atoms with Crippen LogP contribution in [-0.4, -0.2) is 75.1 Å². The zero-order valence-electron chi connectivity index (χ0n) is 14.6. The number of carbonyl (C=O) groups is 1. The zero-order valence-corrected chi connectivity index (χ0v) is 14.6. The second kappa shape index (κ2) is 7.25. The largest absolute Gasteiger partial charge is 0.387 e. The average molecular weight is 341 g/mol. The molecule has 1 aliphatic heterocycles. The maximum Gasteiger partial charge on any atom is 0.257 e. The van der Waals surface area contributed by atoms with Gasteiger partial charge in [-0.25, -0.2) is 9.97 Å². The lowest BCUT2D eigenvalue weighted by molar-refractivity contribution is -0.0391. The van der Waals surface area contributed by atoms with Crippen LogP contribution in [0.15, 0.2) is 36.9 Å². The molecule has 1 unspecified atom stereocenters. The van der Waals surface area contributed by atoms with E-state index in [1.165, 1.54) is 12.4 Å². The molecule has 132 valence electrons. The monoisotopic (exact) mass is 341 g/mol. The van der Waals surface area contributed by atoms with Crippen molar-refractivity contribution in [2.75, 3.05) is 33.7 Å². The Morgan fingerprint density at radius 1 is 1.32 bits per heavy atom. The van der Waals surface area contributed by atoms with Gasteiger partial charge in [-0.3, -0.25) is 9.78 Å². The number of hydrogen-bond donors (Lipinski definition) is 1. The first-order valence-corrected chi connectivity index (χ1v) is 8.36. The number of pyridine rings is 1. The van der Waals surface area contributed by atoms with Crippen molar-refractivity contribution in [3.8, 4) is 11.4 Å². The number of hydrogen-bond acceptors (Lipinski definition) is 6. The first-order chi connectivity index (χ1) is 12.0. The first-order valence-electron chi connectivity index (χ1n) is 8.36. The van der Waals surface area contributed by atoms with Crippen molar-refractivity contribution in [2.24, 2.45) is 0 Å². The predicted octanol–water partition coefficient (Wildman–Crippen LogP) is 1.07. The lowest BCUT2D eigenvalue weighted by Crippen LogP contribution is -2.54. The number of likely N-dealkylation sites (N-methyl/N-ethyl adjacent to an activating group) is 1. The van der Waals surface area contributed by atoms with Crippen molar-refractivity contribution in [1.29, 1.82) is 0 Å². The fourth-order valence-electron chi connectivity index (χ4n) is 3.27. The molecule has 3 rings (SSSR count). The molecule has 1 saturated heterocycles. The third kappa shape index (κ3) is 4.18. The summed E-state index contributed by atoms with van der Waals surface area (Å²) >= 11 is 0. The van der Waals surface area contributed by atoms with Crippen molar-refractivity contribution in [2.45, 2.75) is 18.4 Å². The Labute approximate surface area is 147 Å². The van der Waals surface area contributed by atoms with E-state index in [0.717, 1.165) is 12.0 Å². The van der Waals surface area contributed by atoms with Gasteiger partial charge in [-0.05, 0) is 39.1 Å². The van der Waals surface area contributed by atoms with E-state index in [1.807, 2.05) is 31.1 Å². The number of carbonyl (C=O) groups excluding carboxylic acids is 1. The lowest BCUT2D eigenvalue weighted by atomic mass is 9.92. The Morgan fingerprint density at radius 2 is 2.08 bits per heavy atom. The summed E-state index contributed by atoms with van der Waals surface area (Å²) in [5.41, 5.74) is 0.370. The van der Waals surface area contributed by atoms with Crippen molar-refractivity contribution in [3.05, 3.63) is 42.5 Å². The molecule has 1 amide bonds. The van der Waals surface area contributed by atoms with Gasteiger partial charge in [0.1, 0.15) is 0 Å². The van der Waals surface area contributed by atoms with E-state index in [9.17, 15) is 9.90 Å². The summed E-state index contributed by atoms with van der Waals surface area (Å²) in [6.07, 6.45) is 7.93. The summed E-state index contributed by atoms with van der Waals surface area (Å²) in [7, 11) is 3.84. The molecular weight excluding hydrogens is 318 g/mol. The van der Waals surface area contributed by atoms with Crippen LogP contribution in [0.5, 0.6) is 0 Å². The van der Waals surface area contributed by atoms with Crippen LogP contribution in [0, 0.1) is 0 Å². The van der Waals surface area contributed by atoms with Crippen molar-refractivity contribution >= 4 is 5.91 Å². The van der Waals surface area contributed by atoms with Crippen LogP contribution in [0.25, 0.3) is 11.4 Å². The number of piperidine rings is 1. The molecule has 1 N–H and O–H groups in total. The van der Waals surface area contributed by atoms with E-state index >= 15 is 0 Å². The third-order valence-electron chi connectivity index (χ3n) is 4.27. The molecule has 25 heavy (non-hydrogen) atoms. The van der Waals surface area contributed by atoms with Crippen LogP contribution in [-0.2, 0) is 0 Å². The zero-order chi connectivity index (χ0) is 17.9. The molecule has 0 aromatic carbocycles. The van der Waals surface area contributed by atoms with E-state index in [0.29, 0.717) is 37.4 Å². The number of β-amino-alcohol motifs (C(OH)–C–C–N with tert-alkyl or cyclic N) is 1. The minimum absolute atomic E-state index is 0.144. The maximum atomic E-state index is 12.7. The van der Waals surface area contributed by atoms with Gasteiger partial charge in [0.2, 0.25) is 0 Å². The Morgan fingerprint density at radius 3 is 2.72 bits per heavy atom. The molecule has 2 aromatic heterocycles. The highest BCUT2D eigenvalue weighted by Crippen LogP contribution is 2.23. The molecule has 0 bridgehead atoms. The molecule has 7 nitrogen and oxygen atoms in total. The molecule has 0 saturated carbocycles. The number of likely N-dealkylation sites (tertiary alicyclic amines) is 1. The van der Waals surface area contributed by atoms with Gasteiger partial charge in [0.15, 0.2) is 5.82 Å². The summed E-state index contributed by atoms with van der Waals surface area (Å²) in [6, 6.07) is 3.69. The minimum Gasteiger partial charge on any atom is -0.387 e. The highest BCUT2D eigenvalue weighted by atomic mass is 16.3. The Hall–Kier alpha value is -2.38. The highest BCUT2D eigenvalue weighted by Gasteiger charge is 2.36. The van der Waals surface area contributed by atoms with Gasteiger partial charge in [0.05, 0.1) is 17.7 Å². The Balaban J connectivity index is 1.72. The number of aliphatic hydroxyl groups is 1. The number of amides is 1. The van der Waals surface area contributed by atoms with E-state index in [1.54, 1.807) is 17.3 Å². The standard InChI is InChI=1S/C18H23N5O2/c1-22(2)12-18(25)6-4-8-23(13-18)17(24)15-10-20-16(21-11-15)14-5-3-7-19-9-14/h3,5,7,9-11,25H,4,6,8,12-13H2,1-2H3. The molecule has 0 radical (unpaired) electrons. The van der Waals surface area contributed by atoms with Crippen LogP contribution >= 0.6 is 0 Å². The lowest BCUT2D eigenvalue weighted by Gasteiger charge is -2.40. The Bertz CT molecular complexity index is 720. The fraction of sp³-hybridized carbons (Fsp3) is 0.444. The summed E-state index contributed by atoms with van der Waals surface area (Å²) in [4.78, 5) is 29.0. The highest BCUT2D eigenvalue weighted by molar-refractivity contribution is 5.93. The molecule has 2 aromatic rings. The van der Waals surface area contributed by atoms with Crippen LogP contribution in [0.1, 0.15) is 23.2 Å². The molecule has 0 spiro atoms. The second-order valence-electron chi connectivity index (χ2n) is 6.83. The number of nitrogens with zero attached hydrogens (tertiary/aromatic N) is 5. The summed E-state index contributed by atoms with van der Waals surface area (Å²) in [5, 5.41) is 10.7. The van der Waals surface area contributed by atoms with E-state index in [-0.39, 0.29) is 5.91 Å². The normalized spacial score (nSPS) is 20.7. The Kier molecular flexibility index (Phi) is 5.06. The topological polar surface area (TPSA) is 82.5 Å². The number of rotatable bonds is 4. The quantitative estimate of drug-likeness (QED) is 0.896. The number of aromatic nitrogens is 3. The maximum absolute atomic E-state index is 12.7. The van der Waals surface area contributed by atoms with Crippen LogP contribution in [0.4, 0.5) is 0 Å². The summed E-state index contributed by atoms with van der Waals surface area (Å²) in [5.74, 6) is 0.391. The molecule has 7 heteroatoms. The summed E-state index contributed by atoms with van der Waals surface area (Å²) < 4.78 is 0. The molecule has 1 atom stereocenters. The van der Waals surface area contributed by atoms with E-state index < -0.39 is 5.60 Å². The van der Waals surface area contributed by atoms with Crippen LogP contribution in [0.2, 0.25) is 0 Å². The van der Waals surface area contributed by atoms with Crippen molar-refractivity contribution in [3.63, 3.8) is 0 Å². The minimum atomic E-state index is -0.867. The fourth-order valence-corrected chi connectivity index (χ4v) is 3.27. The van der Waals surface area contributed by atoms with Gasteiger partial charge in [-0.15, -0.1) is 0 Å². The van der Waals surface area contributed by atoms with Gasteiger partial charge < -0.3 is 14.9 Å². The van der Waals surface area contributed by atoms with Gasteiger partial charge in [-0.2, -0.15) is 0 Å². The average Bonchev–Trinajstić information content (AvgIpc) is 2.61. The van der Waals surface area contributed by atoms with Crippen molar-refractivity contribution in [1.82, 2.24) is 24.8 Å². The smallest absolute Gasteiger partial charge is 0.257 e. The SMILES string of the molecule is CN(C)CC1(O)CCCN(C(=O)c2cnc(-c3cccnc3)nc2)C1. The molecule has 1 fully saturated rings. The predicted molar refractivity (Wildman–Crippen MR) is 93.9 cm³/mol. The summed E-state index contributed by atoms with van der Waals surface area (Å²) in [6.45, 7) is 1.50. The molecule has 3 heterocycles. The van der Waals surface area contributed by atoms with Crippen LogP contribution in [0.3, 0.4) is 0 Å². The van der Waals surface area contributed by atoms with E-state index in [2.05, 4.69) is 15.0 Å². The van der Waals surface area contributed by atoms with Gasteiger partial charge in [0, 0.05) is 43.4 Å². The molecule has 0 aliphatic carbocycles. The first kappa shape index (κ1) is 17.4. The molecule has 1 aliphatic rings. The van der Waals surface area contributed by atoms with E-state index in [4.69, 9.17) is 0 Å². The second-order valence-corrected chi connectivity index (χ2v) is 6.83. The third-order valence-corrected chi connectivity index (χ3v) is 4.27.